The third kappa shape index (κ3) is 3.23. The molecule has 1 aromatic rings. The fraction of sp³-hybridized carbons (Fsp3) is 0.571. The number of pyridine rings is 1. The van der Waals surface area contributed by atoms with Crippen molar-refractivity contribution in [2.75, 3.05) is 19.6 Å². The monoisotopic (exact) mass is 264 g/mol. The Kier molecular flexibility index (Phi) is 4.37. The molecule has 2 rings (SSSR count). The predicted octanol–water partition coefficient (Wildman–Crippen LogP) is 1.34. The van der Waals surface area contributed by atoms with Gasteiger partial charge in [0.1, 0.15) is 5.56 Å². The lowest BCUT2D eigenvalue weighted by Gasteiger charge is -2.16. The third-order valence-electron chi connectivity index (χ3n) is 3.68. The van der Waals surface area contributed by atoms with Gasteiger partial charge in [0.05, 0.1) is 0 Å². The number of carboxylic acids is 1. The van der Waals surface area contributed by atoms with Crippen LogP contribution in [0.25, 0.3) is 0 Å². The highest BCUT2D eigenvalue weighted by Gasteiger charge is 2.14. The minimum Gasteiger partial charge on any atom is -0.477 e. The van der Waals surface area contributed by atoms with Gasteiger partial charge in [0, 0.05) is 12.2 Å². The maximum Gasteiger partial charge on any atom is 0.341 e. The second kappa shape index (κ2) is 6.02. The van der Waals surface area contributed by atoms with E-state index in [4.69, 9.17) is 5.11 Å². The molecule has 0 aromatic carbocycles. The second-order valence-electron chi connectivity index (χ2n) is 5.05. The van der Waals surface area contributed by atoms with E-state index in [2.05, 4.69) is 4.90 Å². The Morgan fingerprint density at radius 3 is 2.58 bits per heavy atom. The minimum atomic E-state index is -1.15. The van der Waals surface area contributed by atoms with Crippen LogP contribution in [0.2, 0.25) is 0 Å². The van der Waals surface area contributed by atoms with Gasteiger partial charge in [-0.3, -0.25) is 4.79 Å². The van der Waals surface area contributed by atoms with Gasteiger partial charge < -0.3 is 14.6 Å². The molecule has 19 heavy (non-hydrogen) atoms. The van der Waals surface area contributed by atoms with Crippen molar-refractivity contribution in [2.45, 2.75) is 32.7 Å². The van der Waals surface area contributed by atoms with Crippen LogP contribution in [0.1, 0.15) is 35.3 Å². The first-order valence-corrected chi connectivity index (χ1v) is 6.75. The van der Waals surface area contributed by atoms with Gasteiger partial charge in [-0.05, 0) is 58.0 Å². The molecular formula is C14H20N2O3. The molecule has 1 N–H and O–H groups in total. The number of hydrogen-bond donors (Lipinski definition) is 1. The van der Waals surface area contributed by atoms with Gasteiger partial charge in [-0.15, -0.1) is 0 Å². The van der Waals surface area contributed by atoms with Crippen molar-refractivity contribution < 1.29 is 9.90 Å². The summed E-state index contributed by atoms with van der Waals surface area (Å²) in [6.07, 6.45) is 3.39. The Hall–Kier alpha value is -1.62. The number of nitrogens with zero attached hydrogens (tertiary/aromatic N) is 2. The largest absolute Gasteiger partial charge is 0.477 e. The highest BCUT2D eigenvalue weighted by molar-refractivity contribution is 5.87. The lowest BCUT2D eigenvalue weighted by Crippen LogP contribution is -2.29. The van der Waals surface area contributed by atoms with Crippen LogP contribution in [-0.4, -0.2) is 40.2 Å². The number of likely N-dealkylation sites (tertiary alicyclic amines) is 1. The first-order chi connectivity index (χ1) is 9.09. The van der Waals surface area contributed by atoms with Crippen molar-refractivity contribution >= 4 is 5.97 Å². The van der Waals surface area contributed by atoms with Gasteiger partial charge in [0.2, 0.25) is 0 Å². The van der Waals surface area contributed by atoms with Crippen molar-refractivity contribution in [1.29, 1.82) is 0 Å². The third-order valence-corrected chi connectivity index (χ3v) is 3.68. The summed E-state index contributed by atoms with van der Waals surface area (Å²) in [5.41, 5.74) is 0.275. The molecule has 1 fully saturated rings. The van der Waals surface area contributed by atoms with E-state index < -0.39 is 11.5 Å². The molecule has 1 aromatic heterocycles. The van der Waals surface area contributed by atoms with Crippen molar-refractivity contribution in [3.05, 3.63) is 33.7 Å². The number of carbonyl (C=O) groups is 1. The molecule has 104 valence electrons. The highest BCUT2D eigenvalue weighted by Crippen LogP contribution is 2.08. The molecule has 0 saturated carbocycles. The molecule has 0 unspecified atom stereocenters. The Bertz CT molecular complexity index is 516. The predicted molar refractivity (Wildman–Crippen MR) is 72.7 cm³/mol. The lowest BCUT2D eigenvalue weighted by atomic mass is 10.2. The average Bonchev–Trinajstić information content (AvgIpc) is 2.86. The number of aryl methyl sites for hydroxylation is 1. The number of aromatic nitrogens is 1. The van der Waals surface area contributed by atoms with Crippen molar-refractivity contribution in [3.8, 4) is 0 Å². The summed E-state index contributed by atoms with van der Waals surface area (Å²) in [7, 11) is 0. The van der Waals surface area contributed by atoms with E-state index in [9.17, 15) is 9.59 Å². The molecular weight excluding hydrogens is 244 g/mol. The van der Waals surface area contributed by atoms with Gasteiger partial charge in [0.15, 0.2) is 0 Å². The van der Waals surface area contributed by atoms with Crippen molar-refractivity contribution in [2.24, 2.45) is 0 Å². The Morgan fingerprint density at radius 1 is 1.26 bits per heavy atom. The Labute approximate surface area is 112 Å². The maximum atomic E-state index is 12.0. The second-order valence-corrected chi connectivity index (χ2v) is 5.05. The van der Waals surface area contributed by atoms with E-state index in [1.54, 1.807) is 10.6 Å². The zero-order valence-electron chi connectivity index (χ0n) is 11.3. The normalized spacial score (nSPS) is 15.8. The molecule has 0 atom stereocenters. The zero-order valence-corrected chi connectivity index (χ0v) is 11.3. The summed E-state index contributed by atoms with van der Waals surface area (Å²) in [6.45, 7) is 5.68. The molecule has 1 aliphatic rings. The maximum absolute atomic E-state index is 12.0. The van der Waals surface area contributed by atoms with Crippen LogP contribution >= 0.6 is 0 Å². The molecule has 0 aliphatic carbocycles. The van der Waals surface area contributed by atoms with Crippen LogP contribution in [0.4, 0.5) is 0 Å². The molecule has 0 amide bonds. The fourth-order valence-corrected chi connectivity index (χ4v) is 2.57. The molecule has 0 radical (unpaired) electrons. The minimum absolute atomic E-state index is 0.147. The first kappa shape index (κ1) is 13.8. The van der Waals surface area contributed by atoms with E-state index in [-0.39, 0.29) is 5.56 Å². The molecule has 5 heteroatoms. The molecule has 2 heterocycles. The quantitative estimate of drug-likeness (QED) is 0.871. The number of aromatic carboxylic acids is 1. The summed E-state index contributed by atoms with van der Waals surface area (Å²) < 4.78 is 1.57. The van der Waals surface area contributed by atoms with Crippen molar-refractivity contribution in [3.63, 3.8) is 0 Å². The Morgan fingerprint density at radius 2 is 1.95 bits per heavy atom. The Balaban J connectivity index is 2.04. The van der Waals surface area contributed by atoms with Crippen LogP contribution < -0.4 is 5.56 Å². The smallest absolute Gasteiger partial charge is 0.341 e. The number of hydrogen-bond acceptors (Lipinski definition) is 3. The molecule has 1 aliphatic heterocycles. The van der Waals surface area contributed by atoms with Crippen LogP contribution in [0.5, 0.6) is 0 Å². The molecule has 1 saturated heterocycles. The summed E-state index contributed by atoms with van der Waals surface area (Å²) in [4.78, 5) is 25.4. The lowest BCUT2D eigenvalue weighted by molar-refractivity contribution is 0.0694. The zero-order chi connectivity index (χ0) is 13.8. The summed E-state index contributed by atoms with van der Waals surface area (Å²) in [5.74, 6) is -1.15. The van der Waals surface area contributed by atoms with Crippen molar-refractivity contribution in [1.82, 2.24) is 9.47 Å². The van der Waals surface area contributed by atoms with E-state index in [1.165, 1.54) is 18.9 Å². The summed E-state index contributed by atoms with van der Waals surface area (Å²) in [5, 5.41) is 8.96. The average molecular weight is 264 g/mol. The van der Waals surface area contributed by atoms with Crippen LogP contribution in [0.15, 0.2) is 16.9 Å². The van der Waals surface area contributed by atoms with E-state index in [0.717, 1.165) is 31.7 Å². The van der Waals surface area contributed by atoms with Gasteiger partial charge >= 0.3 is 5.97 Å². The van der Waals surface area contributed by atoms with Gasteiger partial charge in [-0.25, -0.2) is 4.79 Å². The summed E-state index contributed by atoms with van der Waals surface area (Å²) in [6, 6.07) is 3.08. The van der Waals surface area contributed by atoms with Crippen LogP contribution in [0, 0.1) is 6.92 Å². The van der Waals surface area contributed by atoms with Crippen LogP contribution in [-0.2, 0) is 6.54 Å². The fourth-order valence-electron chi connectivity index (χ4n) is 2.57. The molecule has 5 nitrogen and oxygen atoms in total. The summed E-state index contributed by atoms with van der Waals surface area (Å²) >= 11 is 0. The topological polar surface area (TPSA) is 62.5 Å². The standard InChI is InChI=1S/C14H20N2O3/c1-11-5-6-12(14(18)19)13(17)16(11)10-4-9-15-7-2-3-8-15/h5-6H,2-4,7-10H2,1H3,(H,18,19). The first-order valence-electron chi connectivity index (χ1n) is 6.75. The van der Waals surface area contributed by atoms with E-state index in [1.807, 2.05) is 6.92 Å². The number of rotatable bonds is 5. The highest BCUT2D eigenvalue weighted by atomic mass is 16.4. The van der Waals surface area contributed by atoms with E-state index >= 15 is 0 Å². The van der Waals surface area contributed by atoms with Gasteiger partial charge in [0.25, 0.3) is 5.56 Å². The van der Waals surface area contributed by atoms with Gasteiger partial charge in [-0.2, -0.15) is 0 Å². The number of carboxylic acid groups (broad SMARTS) is 1. The molecule has 0 bridgehead atoms. The van der Waals surface area contributed by atoms with Gasteiger partial charge in [-0.1, -0.05) is 0 Å². The van der Waals surface area contributed by atoms with E-state index in [0.29, 0.717) is 6.54 Å². The SMILES string of the molecule is Cc1ccc(C(=O)O)c(=O)n1CCCN1CCCC1. The molecule has 0 spiro atoms. The van der Waals surface area contributed by atoms with Crippen LogP contribution in [0.3, 0.4) is 0 Å².